The molecular weight excluding hydrogens is 442 g/mol. The number of piperazine rings is 1. The molecule has 4 rings (SSSR count). The molecule has 0 saturated carbocycles. The van der Waals surface area contributed by atoms with Crippen LogP contribution in [0.25, 0.3) is 16.6 Å². The second kappa shape index (κ2) is 9.24. The lowest BCUT2D eigenvalue weighted by Crippen LogP contribution is -2.48. The number of aromatic nitrogens is 2. The van der Waals surface area contributed by atoms with Crippen LogP contribution >= 0.6 is 0 Å². The van der Waals surface area contributed by atoms with E-state index in [1.165, 1.54) is 16.6 Å². The van der Waals surface area contributed by atoms with E-state index in [2.05, 4.69) is 27.8 Å². The van der Waals surface area contributed by atoms with Crippen molar-refractivity contribution in [3.63, 3.8) is 0 Å². The Morgan fingerprint density at radius 2 is 2.00 bits per heavy atom. The van der Waals surface area contributed by atoms with Crippen LogP contribution in [-0.2, 0) is 14.8 Å². The van der Waals surface area contributed by atoms with Crippen molar-refractivity contribution in [2.24, 2.45) is 5.73 Å². The second-order valence-electron chi connectivity index (χ2n) is 8.57. The first-order valence-corrected chi connectivity index (χ1v) is 12.9. The van der Waals surface area contributed by atoms with Crippen molar-refractivity contribution >= 4 is 44.3 Å². The van der Waals surface area contributed by atoms with E-state index in [1.54, 1.807) is 6.20 Å². The van der Waals surface area contributed by atoms with Crippen molar-refractivity contribution < 1.29 is 13.2 Å². The average molecular weight is 474 g/mol. The molecule has 0 amide bonds. The number of hydrogen-bond donors (Lipinski definition) is 2. The molecule has 2 aromatic heterocycles. The number of morpholine rings is 1. The van der Waals surface area contributed by atoms with Gasteiger partial charge in [0.1, 0.15) is 17.0 Å². The Morgan fingerprint density at radius 1 is 1.27 bits per heavy atom. The Bertz CT molecular complexity index is 1190. The van der Waals surface area contributed by atoms with Gasteiger partial charge in [0.15, 0.2) is 0 Å². The first-order valence-electron chi connectivity index (χ1n) is 11.0. The van der Waals surface area contributed by atoms with Gasteiger partial charge in [-0.15, -0.1) is 0 Å². The Labute approximate surface area is 194 Å². The highest BCUT2D eigenvalue weighted by molar-refractivity contribution is 7.88. The van der Waals surface area contributed by atoms with Gasteiger partial charge in [0.25, 0.3) is 0 Å². The van der Waals surface area contributed by atoms with Crippen LogP contribution in [-0.4, -0.2) is 87.1 Å². The van der Waals surface area contributed by atoms with Crippen molar-refractivity contribution in [1.82, 2.24) is 14.3 Å². The molecule has 4 heterocycles. The van der Waals surface area contributed by atoms with Gasteiger partial charge in [0.2, 0.25) is 10.0 Å². The van der Waals surface area contributed by atoms with Crippen LogP contribution in [0.4, 0.5) is 11.5 Å². The van der Waals surface area contributed by atoms with Gasteiger partial charge in [-0.3, -0.25) is 4.98 Å². The standard InChI is InChI=1S/C22H31N7O3S/c1-15-13-25-21(17(24)4-5-23)22-20(15)18(27-6-8-28(9-7-27)33(3,30)31)12-19(26-22)29-10-11-32-14-16(29)2/h4-5,12-13,16,23H,6-11,14,24H2,1-3H3/b17-4-,23-5?/t16-/m1/s1. The highest BCUT2D eigenvalue weighted by Gasteiger charge is 2.28. The predicted molar refractivity (Wildman–Crippen MR) is 131 cm³/mol. The number of nitrogens with two attached hydrogens (primary N) is 1. The van der Waals surface area contributed by atoms with Crippen LogP contribution in [0.15, 0.2) is 18.3 Å². The van der Waals surface area contributed by atoms with E-state index in [9.17, 15) is 8.42 Å². The van der Waals surface area contributed by atoms with Crippen LogP contribution in [0.2, 0.25) is 0 Å². The van der Waals surface area contributed by atoms with E-state index >= 15 is 0 Å². The molecule has 0 unspecified atom stereocenters. The van der Waals surface area contributed by atoms with Gasteiger partial charge in [0, 0.05) is 56.6 Å². The van der Waals surface area contributed by atoms with E-state index in [0.717, 1.165) is 35.2 Å². The third-order valence-electron chi connectivity index (χ3n) is 6.24. The molecule has 2 aliphatic heterocycles. The van der Waals surface area contributed by atoms with Crippen LogP contribution in [0.5, 0.6) is 0 Å². The number of pyridine rings is 2. The third-order valence-corrected chi connectivity index (χ3v) is 7.54. The predicted octanol–water partition coefficient (Wildman–Crippen LogP) is 1.19. The molecule has 2 aliphatic rings. The summed E-state index contributed by atoms with van der Waals surface area (Å²) in [5, 5.41) is 8.36. The number of sulfonamides is 1. The van der Waals surface area contributed by atoms with Crippen LogP contribution in [0, 0.1) is 12.3 Å². The molecule has 0 spiro atoms. The normalized spacial score (nSPS) is 20.9. The lowest BCUT2D eigenvalue weighted by atomic mass is 10.0. The zero-order valence-corrected chi connectivity index (χ0v) is 20.1. The number of aryl methyl sites for hydroxylation is 1. The van der Waals surface area contributed by atoms with Crippen molar-refractivity contribution in [3.05, 3.63) is 29.6 Å². The van der Waals surface area contributed by atoms with Gasteiger partial charge in [-0.05, 0) is 25.5 Å². The summed E-state index contributed by atoms with van der Waals surface area (Å²) in [7, 11) is -3.22. The minimum Gasteiger partial charge on any atom is -0.397 e. The number of allylic oxidation sites excluding steroid dienone is 1. The maximum Gasteiger partial charge on any atom is 0.211 e. The van der Waals surface area contributed by atoms with Crippen molar-refractivity contribution in [2.75, 3.05) is 62.0 Å². The molecule has 1 atom stereocenters. The Hall–Kier alpha value is -2.76. The summed E-state index contributed by atoms with van der Waals surface area (Å²) in [6.07, 6.45) is 5.68. The minimum absolute atomic E-state index is 0.161. The fraction of sp³-hybridized carbons (Fsp3) is 0.500. The first kappa shape index (κ1) is 23.4. The van der Waals surface area contributed by atoms with E-state index in [4.69, 9.17) is 20.9 Å². The number of hydrogen-bond acceptors (Lipinski definition) is 9. The lowest BCUT2D eigenvalue weighted by molar-refractivity contribution is 0.0986. The van der Waals surface area contributed by atoms with Gasteiger partial charge in [0.05, 0.1) is 36.9 Å². The first-order chi connectivity index (χ1) is 15.7. The Balaban J connectivity index is 1.88. The van der Waals surface area contributed by atoms with Crippen LogP contribution in [0.1, 0.15) is 18.2 Å². The minimum atomic E-state index is -3.22. The van der Waals surface area contributed by atoms with Crippen LogP contribution in [0.3, 0.4) is 0 Å². The zero-order chi connectivity index (χ0) is 23.8. The van der Waals surface area contributed by atoms with Crippen molar-refractivity contribution in [2.45, 2.75) is 19.9 Å². The molecule has 0 aliphatic carbocycles. The summed E-state index contributed by atoms with van der Waals surface area (Å²) in [6.45, 7) is 8.08. The molecule has 0 bridgehead atoms. The second-order valence-corrected chi connectivity index (χ2v) is 10.6. The molecule has 0 radical (unpaired) electrons. The number of nitrogens with one attached hydrogen (secondary N) is 1. The van der Waals surface area contributed by atoms with Crippen molar-refractivity contribution in [1.29, 1.82) is 5.41 Å². The van der Waals surface area contributed by atoms with Gasteiger partial charge >= 0.3 is 0 Å². The van der Waals surface area contributed by atoms with Crippen LogP contribution < -0.4 is 15.5 Å². The summed E-state index contributed by atoms with van der Waals surface area (Å²) >= 11 is 0. The van der Waals surface area contributed by atoms with E-state index in [-0.39, 0.29) is 6.04 Å². The fourth-order valence-electron chi connectivity index (χ4n) is 4.47. The third kappa shape index (κ3) is 4.66. The zero-order valence-electron chi connectivity index (χ0n) is 19.3. The smallest absolute Gasteiger partial charge is 0.211 e. The molecule has 10 nitrogen and oxygen atoms in total. The molecule has 0 aromatic carbocycles. The topological polar surface area (TPSA) is 129 Å². The SMILES string of the molecule is Cc1cnc(/C(N)=C/C=N)c2nc(N3CCOC[C@H]3C)cc(N3CCN(S(C)(=O)=O)CC3)c12. The molecule has 178 valence electrons. The fourth-order valence-corrected chi connectivity index (χ4v) is 5.30. The summed E-state index contributed by atoms with van der Waals surface area (Å²) in [5.74, 6) is 0.815. The molecule has 2 aromatic rings. The highest BCUT2D eigenvalue weighted by Crippen LogP contribution is 2.36. The number of fused-ring (bicyclic) bond motifs is 1. The maximum atomic E-state index is 12.0. The lowest BCUT2D eigenvalue weighted by Gasteiger charge is -2.38. The van der Waals surface area contributed by atoms with Gasteiger partial charge in [-0.1, -0.05) is 0 Å². The Morgan fingerprint density at radius 3 is 2.64 bits per heavy atom. The summed E-state index contributed by atoms with van der Waals surface area (Å²) in [6, 6.07) is 2.25. The van der Waals surface area contributed by atoms with E-state index in [0.29, 0.717) is 56.3 Å². The van der Waals surface area contributed by atoms with Crippen molar-refractivity contribution in [3.8, 4) is 0 Å². The molecule has 33 heavy (non-hydrogen) atoms. The number of nitrogens with zero attached hydrogens (tertiary/aromatic N) is 5. The Kier molecular flexibility index (Phi) is 6.55. The molecular formula is C22H31N7O3S. The van der Waals surface area contributed by atoms with Gasteiger partial charge in [-0.2, -0.15) is 4.31 Å². The van der Waals surface area contributed by atoms with Gasteiger partial charge in [-0.25, -0.2) is 13.4 Å². The maximum absolute atomic E-state index is 12.0. The highest BCUT2D eigenvalue weighted by atomic mass is 32.2. The average Bonchev–Trinajstić information content (AvgIpc) is 2.78. The molecule has 2 fully saturated rings. The summed E-state index contributed by atoms with van der Waals surface area (Å²) < 4.78 is 31.1. The quantitative estimate of drug-likeness (QED) is 0.620. The molecule has 2 saturated heterocycles. The van der Waals surface area contributed by atoms with E-state index < -0.39 is 10.0 Å². The number of anilines is 2. The summed E-state index contributed by atoms with van der Waals surface area (Å²) in [4.78, 5) is 14.0. The monoisotopic (exact) mass is 473 g/mol. The summed E-state index contributed by atoms with van der Waals surface area (Å²) in [5.41, 5.74) is 9.81. The van der Waals surface area contributed by atoms with E-state index in [1.807, 2.05) is 6.92 Å². The molecule has 11 heteroatoms. The molecule has 3 N–H and O–H groups in total. The number of rotatable bonds is 5. The van der Waals surface area contributed by atoms with Gasteiger partial charge < -0.3 is 25.7 Å². The largest absolute Gasteiger partial charge is 0.397 e. The number of ether oxygens (including phenoxy) is 1.